The smallest absolute Gasteiger partial charge is 0.165 e. The lowest BCUT2D eigenvalue weighted by Crippen LogP contribution is -2.42. The van der Waals surface area contributed by atoms with Crippen LogP contribution in [0.1, 0.15) is 56.1 Å². The number of phenols is 1. The van der Waals surface area contributed by atoms with Crippen LogP contribution in [0, 0.1) is 23.1 Å². The van der Waals surface area contributed by atoms with E-state index in [0.29, 0.717) is 23.5 Å². The first-order valence-electron chi connectivity index (χ1n) is 8.05. The zero-order valence-corrected chi connectivity index (χ0v) is 12.4. The SMILES string of the molecule is C[C@]12CCC3c4cc(F)c(O)cc4CCC3C1CCC2=O. The predicted octanol–water partition coefficient (Wildman–Crippen LogP) is 3.96. The number of phenolic OH excluding ortho intramolecular Hbond substituents is 1. The van der Waals surface area contributed by atoms with Crippen LogP contribution in [0.15, 0.2) is 12.1 Å². The molecule has 112 valence electrons. The molecular weight excluding hydrogens is 267 g/mol. The van der Waals surface area contributed by atoms with Gasteiger partial charge in [-0.3, -0.25) is 4.79 Å². The normalized spacial score (nSPS) is 37.8. The molecule has 2 nitrogen and oxygen atoms in total. The molecule has 3 aliphatic rings. The van der Waals surface area contributed by atoms with Crippen LogP contribution in [0.25, 0.3) is 0 Å². The van der Waals surface area contributed by atoms with E-state index in [1.54, 1.807) is 12.1 Å². The number of fused-ring (bicyclic) bond motifs is 5. The Morgan fingerprint density at radius 2 is 2.05 bits per heavy atom. The lowest BCUT2D eigenvalue weighted by molar-refractivity contribution is -0.129. The molecule has 0 aromatic heterocycles. The molecule has 4 rings (SSSR count). The number of rotatable bonds is 0. The molecule has 0 heterocycles. The van der Waals surface area contributed by atoms with Crippen molar-refractivity contribution >= 4 is 5.78 Å². The Balaban J connectivity index is 1.75. The fourth-order valence-corrected chi connectivity index (χ4v) is 5.35. The van der Waals surface area contributed by atoms with E-state index in [4.69, 9.17) is 0 Å². The van der Waals surface area contributed by atoms with Crippen LogP contribution < -0.4 is 0 Å². The topological polar surface area (TPSA) is 37.3 Å². The van der Waals surface area contributed by atoms with Crippen molar-refractivity contribution in [2.24, 2.45) is 17.3 Å². The summed E-state index contributed by atoms with van der Waals surface area (Å²) >= 11 is 0. The highest BCUT2D eigenvalue weighted by Crippen LogP contribution is 2.59. The number of hydrogen-bond donors (Lipinski definition) is 1. The number of aryl methyl sites for hydroxylation is 1. The number of hydrogen-bond acceptors (Lipinski definition) is 2. The van der Waals surface area contributed by atoms with Crippen LogP contribution in [0.5, 0.6) is 5.75 Å². The lowest BCUT2D eigenvalue weighted by Gasteiger charge is -2.48. The van der Waals surface area contributed by atoms with E-state index >= 15 is 0 Å². The summed E-state index contributed by atoms with van der Waals surface area (Å²) in [6.07, 6.45) is 5.59. The zero-order valence-electron chi connectivity index (χ0n) is 12.4. The molecule has 2 fully saturated rings. The van der Waals surface area contributed by atoms with Gasteiger partial charge in [0.1, 0.15) is 5.78 Å². The van der Waals surface area contributed by atoms with Gasteiger partial charge in [-0.25, -0.2) is 4.39 Å². The summed E-state index contributed by atoms with van der Waals surface area (Å²) < 4.78 is 13.8. The zero-order chi connectivity index (χ0) is 14.8. The highest BCUT2D eigenvalue weighted by Gasteiger charge is 2.54. The first-order chi connectivity index (χ1) is 10.0. The van der Waals surface area contributed by atoms with E-state index < -0.39 is 5.82 Å². The molecule has 1 N–H and O–H groups in total. The molecule has 0 bridgehead atoms. The Morgan fingerprint density at radius 1 is 1.24 bits per heavy atom. The summed E-state index contributed by atoms with van der Waals surface area (Å²) in [5, 5.41) is 9.58. The first-order valence-corrected chi connectivity index (χ1v) is 8.05. The van der Waals surface area contributed by atoms with Crippen molar-refractivity contribution in [1.29, 1.82) is 0 Å². The number of halogens is 1. The predicted molar refractivity (Wildman–Crippen MR) is 77.7 cm³/mol. The van der Waals surface area contributed by atoms with E-state index in [-0.39, 0.29) is 11.2 Å². The largest absolute Gasteiger partial charge is 0.505 e. The summed E-state index contributed by atoms with van der Waals surface area (Å²) in [6.45, 7) is 2.15. The summed E-state index contributed by atoms with van der Waals surface area (Å²) in [4.78, 5) is 12.3. The van der Waals surface area contributed by atoms with E-state index in [2.05, 4.69) is 6.92 Å². The fourth-order valence-electron chi connectivity index (χ4n) is 5.35. The number of Topliss-reactive ketones (excluding diaryl/α,β-unsaturated/α-hetero) is 1. The number of carbonyl (C=O) groups excluding carboxylic acids is 1. The molecule has 21 heavy (non-hydrogen) atoms. The first kappa shape index (κ1) is 13.3. The van der Waals surface area contributed by atoms with Crippen LogP contribution in [0.4, 0.5) is 4.39 Å². The van der Waals surface area contributed by atoms with Gasteiger partial charge in [0.25, 0.3) is 0 Å². The number of aromatic hydroxyl groups is 1. The second-order valence-electron chi connectivity index (χ2n) is 7.34. The average Bonchev–Trinajstić information content (AvgIpc) is 2.76. The molecule has 0 saturated heterocycles. The van der Waals surface area contributed by atoms with Crippen molar-refractivity contribution in [3.63, 3.8) is 0 Å². The summed E-state index contributed by atoms with van der Waals surface area (Å²) in [5.41, 5.74) is 2.06. The second kappa shape index (κ2) is 4.31. The molecule has 3 aliphatic carbocycles. The van der Waals surface area contributed by atoms with Gasteiger partial charge >= 0.3 is 0 Å². The Bertz CT molecular complexity index is 624. The van der Waals surface area contributed by atoms with Crippen LogP contribution in [-0.4, -0.2) is 10.9 Å². The maximum Gasteiger partial charge on any atom is 0.165 e. The van der Waals surface area contributed by atoms with Crippen LogP contribution in [0.3, 0.4) is 0 Å². The maximum absolute atomic E-state index is 13.8. The van der Waals surface area contributed by atoms with Crippen molar-refractivity contribution in [3.8, 4) is 5.75 Å². The lowest BCUT2D eigenvalue weighted by atomic mass is 9.55. The van der Waals surface area contributed by atoms with Gasteiger partial charge in [-0.1, -0.05) is 6.92 Å². The quantitative estimate of drug-likeness (QED) is 0.784. The Labute approximate surface area is 124 Å². The molecule has 1 aromatic rings. The highest BCUT2D eigenvalue weighted by molar-refractivity contribution is 5.87. The van der Waals surface area contributed by atoms with Crippen LogP contribution >= 0.6 is 0 Å². The third kappa shape index (κ3) is 1.72. The molecule has 0 spiro atoms. The van der Waals surface area contributed by atoms with E-state index in [1.165, 1.54) is 0 Å². The summed E-state index contributed by atoms with van der Waals surface area (Å²) in [6, 6.07) is 3.15. The standard InChI is InChI=1S/C18H21FO2/c1-18-7-6-11-12(14(18)4-5-17(18)21)3-2-10-8-16(20)15(19)9-13(10)11/h8-9,11-12,14,20H,2-7H2,1H3/t11?,12?,14?,18-/m0/s1. The number of carbonyl (C=O) groups is 1. The van der Waals surface area contributed by atoms with Gasteiger partial charge in [0.05, 0.1) is 0 Å². The monoisotopic (exact) mass is 288 g/mol. The number of benzene rings is 1. The second-order valence-corrected chi connectivity index (χ2v) is 7.34. The average molecular weight is 288 g/mol. The van der Waals surface area contributed by atoms with Gasteiger partial charge < -0.3 is 5.11 Å². The fraction of sp³-hybridized carbons (Fsp3) is 0.611. The molecule has 0 radical (unpaired) electrons. The Morgan fingerprint density at radius 3 is 2.86 bits per heavy atom. The minimum Gasteiger partial charge on any atom is -0.505 e. The molecule has 3 unspecified atom stereocenters. The maximum atomic E-state index is 13.8. The van der Waals surface area contributed by atoms with E-state index in [1.807, 2.05) is 0 Å². The molecule has 4 atom stereocenters. The van der Waals surface area contributed by atoms with Gasteiger partial charge in [0, 0.05) is 11.8 Å². The van der Waals surface area contributed by atoms with Crippen molar-refractivity contribution in [2.75, 3.05) is 0 Å². The molecular formula is C18H21FO2. The van der Waals surface area contributed by atoms with E-state index in [0.717, 1.165) is 49.7 Å². The third-order valence-corrected chi connectivity index (χ3v) is 6.50. The van der Waals surface area contributed by atoms with Crippen molar-refractivity contribution < 1.29 is 14.3 Å². The van der Waals surface area contributed by atoms with Crippen LogP contribution in [0.2, 0.25) is 0 Å². The number of ketones is 1. The van der Waals surface area contributed by atoms with E-state index in [9.17, 15) is 14.3 Å². The Hall–Kier alpha value is -1.38. The Kier molecular flexibility index (Phi) is 2.73. The van der Waals surface area contributed by atoms with Gasteiger partial charge in [0.15, 0.2) is 11.6 Å². The van der Waals surface area contributed by atoms with Gasteiger partial charge in [-0.15, -0.1) is 0 Å². The minimum absolute atomic E-state index is 0.131. The summed E-state index contributed by atoms with van der Waals surface area (Å²) in [7, 11) is 0. The van der Waals surface area contributed by atoms with Gasteiger partial charge in [-0.2, -0.15) is 0 Å². The molecule has 1 aromatic carbocycles. The van der Waals surface area contributed by atoms with Crippen molar-refractivity contribution in [3.05, 3.63) is 29.1 Å². The van der Waals surface area contributed by atoms with Gasteiger partial charge in [0.2, 0.25) is 0 Å². The van der Waals surface area contributed by atoms with Crippen molar-refractivity contribution in [2.45, 2.75) is 51.4 Å². The summed E-state index contributed by atoms with van der Waals surface area (Å²) in [5.74, 6) is 1.04. The van der Waals surface area contributed by atoms with Crippen LogP contribution in [-0.2, 0) is 11.2 Å². The molecule has 0 amide bonds. The molecule has 2 saturated carbocycles. The molecule has 0 aliphatic heterocycles. The highest BCUT2D eigenvalue weighted by atomic mass is 19.1. The third-order valence-electron chi connectivity index (χ3n) is 6.50. The minimum atomic E-state index is -0.509. The molecule has 3 heteroatoms. The van der Waals surface area contributed by atoms with Crippen molar-refractivity contribution in [1.82, 2.24) is 0 Å². The van der Waals surface area contributed by atoms with Gasteiger partial charge in [-0.05, 0) is 73.1 Å².